The van der Waals surface area contributed by atoms with E-state index < -0.39 is 109 Å². The first kappa shape index (κ1) is 23.0. The highest BCUT2D eigenvalue weighted by Crippen LogP contribution is 2.68. The third kappa shape index (κ3) is 2.24. The predicted molar refractivity (Wildman–Crippen MR) is 92.8 cm³/mol. The van der Waals surface area contributed by atoms with Crippen LogP contribution < -0.4 is 0 Å². The Bertz CT molecular complexity index is 1140. The summed E-state index contributed by atoms with van der Waals surface area (Å²) in [6.07, 6.45) is -9.71. The number of hydrogen-bond donors (Lipinski definition) is 0. The van der Waals surface area contributed by atoms with E-state index in [1.807, 2.05) is 0 Å². The monoisotopic (exact) mass is 744 g/mol. The molecule has 28 nitrogen and oxygen atoms in total. The van der Waals surface area contributed by atoms with Crippen LogP contribution in [0.1, 0.15) is 0 Å². The van der Waals surface area contributed by atoms with Crippen LogP contribution in [-0.4, -0.2) is 109 Å². The molecule has 6 spiro atoms. The van der Waals surface area contributed by atoms with E-state index >= 15 is 0 Å². The molecule has 28 rings (SSSR count). The van der Waals surface area contributed by atoms with E-state index in [4.69, 9.17) is 123 Å². The van der Waals surface area contributed by atoms with E-state index in [-0.39, 0.29) is 0 Å². The van der Waals surface area contributed by atoms with Crippen LogP contribution in [-0.2, 0) is 123 Å². The third-order valence-corrected chi connectivity index (χ3v) is 27.0. The minimum absolute atomic E-state index is 1.54. The van der Waals surface area contributed by atoms with Crippen LogP contribution in [0.25, 0.3) is 0 Å². The summed E-state index contributed by atoms with van der Waals surface area (Å²) in [4.78, 5) is 0. The van der Waals surface area contributed by atoms with Gasteiger partial charge < -0.3 is 16.5 Å². The van der Waals surface area contributed by atoms with Gasteiger partial charge in [0.2, 0.25) is 0 Å². The molecule has 224 valence electrons. The van der Waals surface area contributed by atoms with Crippen molar-refractivity contribution in [3.05, 3.63) is 0 Å². The van der Waals surface area contributed by atoms with Crippen molar-refractivity contribution in [2.24, 2.45) is 0 Å². The molecular weight excluding hydrogens is 745 g/mol. The van der Waals surface area contributed by atoms with Gasteiger partial charge in [-0.1, -0.05) is 0 Å². The van der Waals surface area contributed by atoms with Crippen molar-refractivity contribution in [2.45, 2.75) is 37.0 Å². The highest BCUT2D eigenvalue weighted by atomic mass is 28.5. The van der Waals surface area contributed by atoms with Gasteiger partial charge in [0.25, 0.3) is 0 Å². The van der Waals surface area contributed by atoms with E-state index in [2.05, 4.69) is 0 Å². The molecule has 28 aliphatic heterocycles. The fourth-order valence-electron chi connectivity index (χ4n) is 5.49. The van der Waals surface area contributed by atoms with Gasteiger partial charge in [-0.15, -0.1) is 0 Å². The van der Waals surface area contributed by atoms with E-state index in [0.29, 0.717) is 0 Å². The maximum absolute atomic E-state index is 5.40. The van der Waals surface area contributed by atoms with E-state index in [1.54, 1.807) is 0 Å². The molecule has 0 radical (unpaired) electrons. The Morgan fingerprint density at radius 1 is 0.167 bits per heavy atom. The normalized spacial score (nSPS) is 80.0. The minimum Gasteiger partial charge on any atom is -0.325 e. The SMILES string of the molecule is O1C23O[Si]1(O2)O[Si]1(OC2(O1)O[Si]1(O2)OC24O[Si](O2)(O4)O1)O3.O1C23O[Si]1(O2)O[Si]1(OC2(O1)O[Si]1(O2)OC24O[Si](O2)(O4)O1)O3. The summed E-state index contributed by atoms with van der Waals surface area (Å²) in [5.74, 6) is 0. The molecule has 36 heteroatoms. The molecule has 0 amide bonds. The van der Waals surface area contributed by atoms with Crippen LogP contribution in [0.5, 0.6) is 0 Å². The average Bonchev–Trinajstić information content (AvgIpc) is 2.70. The van der Waals surface area contributed by atoms with Crippen LogP contribution in [0, 0.1) is 0 Å². The first-order valence-corrected chi connectivity index (χ1v) is 24.5. The van der Waals surface area contributed by atoms with E-state index in [0.717, 1.165) is 0 Å². The largest absolute Gasteiger partial charge is 0.691 e. The highest BCUT2D eigenvalue weighted by molar-refractivity contribution is 6.77. The van der Waals surface area contributed by atoms with Gasteiger partial charge in [-0.2, -0.15) is 0 Å². The predicted octanol–water partition coefficient (Wildman–Crippen LogP) is -6.19. The van der Waals surface area contributed by atoms with E-state index in [9.17, 15) is 0 Å². The van der Waals surface area contributed by atoms with Crippen LogP contribution in [0.2, 0.25) is 0 Å². The van der Waals surface area contributed by atoms with Crippen molar-refractivity contribution >= 4 is 72.4 Å². The Morgan fingerprint density at radius 3 is 0.357 bits per heavy atom. The van der Waals surface area contributed by atoms with Crippen molar-refractivity contribution in [1.82, 2.24) is 0 Å². The van der Waals surface area contributed by atoms with Gasteiger partial charge in [0.1, 0.15) is 0 Å². The lowest BCUT2D eigenvalue weighted by molar-refractivity contribution is -0.661. The van der Waals surface area contributed by atoms with E-state index in [1.165, 1.54) is 0 Å². The Balaban J connectivity index is 0.0000000933. The molecule has 28 aliphatic rings. The van der Waals surface area contributed by atoms with Crippen molar-refractivity contribution in [1.29, 1.82) is 0 Å². The molecule has 0 aromatic carbocycles. The Hall–Kier alpha value is 0.615. The van der Waals surface area contributed by atoms with Crippen LogP contribution in [0.15, 0.2) is 0 Å². The molecule has 0 aliphatic carbocycles. The zero-order valence-corrected chi connectivity index (χ0v) is 26.4. The van der Waals surface area contributed by atoms with Crippen LogP contribution >= 0.6 is 0 Å². The maximum Gasteiger partial charge on any atom is 0.691 e. The van der Waals surface area contributed by atoms with Gasteiger partial charge in [-0.05, 0) is 0 Å². The molecule has 0 saturated carbocycles. The zero-order chi connectivity index (χ0) is 26.8. The summed E-state index contributed by atoms with van der Waals surface area (Å²) in [5, 5.41) is 0. The van der Waals surface area contributed by atoms with Crippen molar-refractivity contribution in [2.75, 3.05) is 0 Å². The quantitative estimate of drug-likeness (QED) is 0.209. The standard InChI is InChI=1S/2C3O14Si4/c2*4-1-5-18(4,6-1)16-20(10-1)12-3(13-20)14-21(15-3)11-2-7-19(8-2,9-2)17-21. The lowest BCUT2D eigenvalue weighted by Gasteiger charge is -2.72. The first-order chi connectivity index (χ1) is 19.8. The molecule has 0 aromatic heterocycles. The third-order valence-electron chi connectivity index (χ3n) is 7.00. The second-order valence-electron chi connectivity index (χ2n) is 9.86. The number of hydrogen-bond acceptors (Lipinski definition) is 28. The van der Waals surface area contributed by atoms with Gasteiger partial charge in [0.15, 0.2) is 0 Å². The molecule has 42 heavy (non-hydrogen) atoms. The van der Waals surface area contributed by atoms with Gasteiger partial charge in [-0.3, -0.25) is 106 Å². The molecule has 0 N–H and O–H groups in total. The van der Waals surface area contributed by atoms with Crippen molar-refractivity contribution in [3.63, 3.8) is 0 Å². The van der Waals surface area contributed by atoms with Gasteiger partial charge in [0.05, 0.1) is 0 Å². The van der Waals surface area contributed by atoms with Crippen molar-refractivity contribution in [3.8, 4) is 0 Å². The maximum atomic E-state index is 5.40. The zero-order valence-electron chi connectivity index (χ0n) is 18.4. The van der Waals surface area contributed by atoms with Crippen LogP contribution in [0.4, 0.5) is 0 Å². The summed E-state index contributed by atoms with van der Waals surface area (Å²) >= 11 is 0. The molecule has 0 unspecified atom stereocenters. The summed E-state index contributed by atoms with van der Waals surface area (Å²) in [6.45, 7) is 0. The fraction of sp³-hybridized carbons (Fsp3) is 1.00. The smallest absolute Gasteiger partial charge is 0.325 e. The fourth-order valence-corrected chi connectivity index (χ4v) is 25.7. The first-order valence-electron chi connectivity index (χ1n) is 11.4. The second kappa shape index (κ2) is 5.41. The lowest BCUT2D eigenvalue weighted by atomic mass is 11.2. The molecule has 28 fully saturated rings. The Kier molecular flexibility index (Phi) is 2.97. The lowest BCUT2D eigenvalue weighted by Crippen LogP contribution is -3.02. The molecule has 28 heterocycles. The topological polar surface area (TPSA) is 258 Å². The average molecular weight is 745 g/mol. The van der Waals surface area contributed by atoms with Gasteiger partial charge in [0, 0.05) is 0 Å². The molecule has 0 aromatic rings. The summed E-state index contributed by atoms with van der Waals surface area (Å²) in [6, 6.07) is 0. The van der Waals surface area contributed by atoms with Crippen LogP contribution in [0.3, 0.4) is 0 Å². The minimum atomic E-state index is -3.41. The van der Waals surface area contributed by atoms with Gasteiger partial charge >= 0.3 is 109 Å². The summed E-state index contributed by atoms with van der Waals surface area (Å²) in [7, 11) is -25.9. The highest BCUT2D eigenvalue weighted by Gasteiger charge is 3.04. The molecular formula is C6O28Si8. The summed E-state index contributed by atoms with van der Waals surface area (Å²) in [5.41, 5.74) is 0. The van der Waals surface area contributed by atoms with Gasteiger partial charge in [-0.25, -0.2) is 0 Å². The second-order valence-corrected chi connectivity index (χ2v) is 26.0. The Morgan fingerprint density at radius 2 is 0.262 bits per heavy atom. The Labute approximate surface area is 232 Å². The summed E-state index contributed by atoms with van der Waals surface area (Å²) < 4.78 is 147. The number of rotatable bonds is 0. The molecule has 28 saturated heterocycles. The molecule has 0 atom stereocenters. The van der Waals surface area contributed by atoms with Crippen molar-refractivity contribution < 1.29 is 123 Å². The molecule has 8 bridgehead atoms.